The largest absolute Gasteiger partial charge is 0.317 e. The molecular weight excluding hydrogens is 332 g/mol. The maximum atomic E-state index is 12.4. The van der Waals surface area contributed by atoms with Crippen LogP contribution >= 0.6 is 22.9 Å². The van der Waals surface area contributed by atoms with Gasteiger partial charge in [0.2, 0.25) is 11.0 Å². The Morgan fingerprint density at radius 3 is 2.87 bits per heavy atom. The number of anilines is 1. The van der Waals surface area contributed by atoms with Gasteiger partial charge >= 0.3 is 0 Å². The van der Waals surface area contributed by atoms with Crippen LogP contribution in [0.5, 0.6) is 0 Å². The number of halogens is 1. The number of hydrogen-bond donors (Lipinski definition) is 2. The lowest BCUT2D eigenvalue weighted by atomic mass is 9.92. The maximum Gasteiger partial charge on any atom is 0.229 e. The van der Waals surface area contributed by atoms with E-state index < -0.39 is 0 Å². The summed E-state index contributed by atoms with van der Waals surface area (Å²) in [4.78, 5) is 12.4. The Kier molecular flexibility index (Phi) is 3.83. The van der Waals surface area contributed by atoms with Crippen molar-refractivity contribution < 1.29 is 4.79 Å². The summed E-state index contributed by atoms with van der Waals surface area (Å²) in [5.74, 6) is 0.200. The SMILES string of the molecule is O=C(Nc1nnc(-c2ccccc2Cl)s1)C1CC12CCNCC2. The summed E-state index contributed by atoms with van der Waals surface area (Å²) in [6.45, 7) is 2.03. The monoisotopic (exact) mass is 348 g/mol. The first-order valence-corrected chi connectivity index (χ1v) is 8.97. The molecule has 120 valence electrons. The van der Waals surface area contributed by atoms with E-state index in [4.69, 9.17) is 11.6 Å². The van der Waals surface area contributed by atoms with Gasteiger partial charge in [0.25, 0.3) is 0 Å². The zero-order chi connectivity index (χ0) is 15.9. The van der Waals surface area contributed by atoms with Crippen LogP contribution in [0.15, 0.2) is 24.3 Å². The topological polar surface area (TPSA) is 66.9 Å². The fourth-order valence-electron chi connectivity index (χ4n) is 3.41. The van der Waals surface area contributed by atoms with E-state index >= 15 is 0 Å². The van der Waals surface area contributed by atoms with E-state index in [0.717, 1.165) is 42.9 Å². The van der Waals surface area contributed by atoms with E-state index in [1.54, 1.807) is 0 Å². The molecule has 5 nitrogen and oxygen atoms in total. The molecule has 1 aliphatic heterocycles. The van der Waals surface area contributed by atoms with Gasteiger partial charge in [-0.1, -0.05) is 41.1 Å². The molecule has 2 N–H and O–H groups in total. The molecule has 1 saturated carbocycles. The maximum absolute atomic E-state index is 12.4. The zero-order valence-corrected chi connectivity index (χ0v) is 14.1. The summed E-state index contributed by atoms with van der Waals surface area (Å²) in [5.41, 5.74) is 1.07. The lowest BCUT2D eigenvalue weighted by molar-refractivity contribution is -0.118. The van der Waals surface area contributed by atoms with E-state index in [1.807, 2.05) is 24.3 Å². The first kappa shape index (κ1) is 15.1. The molecule has 7 heteroatoms. The second-order valence-corrected chi connectivity index (χ2v) is 7.64. The number of benzene rings is 1. The molecule has 1 saturated heterocycles. The number of nitrogens with one attached hydrogen (secondary N) is 2. The molecule has 1 aromatic heterocycles. The Balaban J connectivity index is 1.44. The first-order chi connectivity index (χ1) is 11.2. The van der Waals surface area contributed by atoms with Crippen molar-refractivity contribution in [1.29, 1.82) is 0 Å². The molecule has 2 heterocycles. The molecule has 1 aromatic carbocycles. The summed E-state index contributed by atoms with van der Waals surface area (Å²) in [5, 5.41) is 16.4. The molecule has 1 unspecified atom stereocenters. The highest BCUT2D eigenvalue weighted by molar-refractivity contribution is 7.18. The Bertz CT molecular complexity index is 741. The Labute approximate surface area is 143 Å². The molecule has 1 spiro atoms. The lowest BCUT2D eigenvalue weighted by Crippen LogP contribution is -2.31. The molecule has 1 aliphatic carbocycles. The summed E-state index contributed by atoms with van der Waals surface area (Å²) in [7, 11) is 0. The lowest BCUT2D eigenvalue weighted by Gasteiger charge is -2.22. The molecule has 1 atom stereocenters. The molecule has 2 aliphatic rings. The molecule has 1 amide bonds. The molecule has 0 bridgehead atoms. The Morgan fingerprint density at radius 2 is 2.09 bits per heavy atom. The Morgan fingerprint density at radius 1 is 1.30 bits per heavy atom. The van der Waals surface area contributed by atoms with Crippen LogP contribution in [0.1, 0.15) is 19.3 Å². The predicted octanol–water partition coefficient (Wildman–Crippen LogP) is 3.19. The number of rotatable bonds is 3. The van der Waals surface area contributed by atoms with Crippen molar-refractivity contribution in [3.05, 3.63) is 29.3 Å². The van der Waals surface area contributed by atoms with Crippen LogP contribution in [0.3, 0.4) is 0 Å². The zero-order valence-electron chi connectivity index (χ0n) is 12.5. The van der Waals surface area contributed by atoms with Crippen LogP contribution in [0.4, 0.5) is 5.13 Å². The average Bonchev–Trinajstić information content (AvgIpc) is 3.04. The van der Waals surface area contributed by atoms with Crippen LogP contribution in [-0.2, 0) is 4.79 Å². The number of piperidine rings is 1. The van der Waals surface area contributed by atoms with Gasteiger partial charge in [-0.15, -0.1) is 10.2 Å². The predicted molar refractivity (Wildman–Crippen MR) is 91.6 cm³/mol. The number of aromatic nitrogens is 2. The highest BCUT2D eigenvalue weighted by atomic mass is 35.5. The van der Waals surface area contributed by atoms with E-state index in [1.165, 1.54) is 11.3 Å². The second kappa shape index (κ2) is 5.85. The van der Waals surface area contributed by atoms with Crippen molar-refractivity contribution in [2.45, 2.75) is 19.3 Å². The minimum Gasteiger partial charge on any atom is -0.317 e. The number of nitrogens with zero attached hydrogens (tertiary/aromatic N) is 2. The summed E-state index contributed by atoms with van der Waals surface area (Å²) >= 11 is 7.53. The highest BCUT2D eigenvalue weighted by Gasteiger charge is 2.57. The van der Waals surface area contributed by atoms with Gasteiger partial charge in [-0.05, 0) is 43.8 Å². The van der Waals surface area contributed by atoms with E-state index in [0.29, 0.717) is 10.2 Å². The minimum absolute atomic E-state index is 0.0776. The van der Waals surface area contributed by atoms with Crippen molar-refractivity contribution in [3.8, 4) is 10.6 Å². The summed E-state index contributed by atoms with van der Waals surface area (Å²) in [6, 6.07) is 7.51. The number of amides is 1. The minimum atomic E-state index is 0.0776. The number of carbonyl (C=O) groups excluding carboxylic acids is 1. The van der Waals surface area contributed by atoms with Crippen LogP contribution < -0.4 is 10.6 Å². The van der Waals surface area contributed by atoms with Crippen LogP contribution in [0, 0.1) is 11.3 Å². The van der Waals surface area contributed by atoms with Gasteiger partial charge in [-0.3, -0.25) is 4.79 Å². The third-order valence-electron chi connectivity index (χ3n) is 4.86. The van der Waals surface area contributed by atoms with E-state index in [-0.39, 0.29) is 17.2 Å². The van der Waals surface area contributed by atoms with Crippen molar-refractivity contribution in [2.24, 2.45) is 11.3 Å². The second-order valence-electron chi connectivity index (χ2n) is 6.25. The molecule has 0 radical (unpaired) electrons. The fourth-order valence-corrected chi connectivity index (χ4v) is 4.47. The molecule has 2 aromatic rings. The molecular formula is C16H17ClN4OS. The average molecular weight is 349 g/mol. The van der Waals surface area contributed by atoms with E-state index in [9.17, 15) is 4.79 Å². The van der Waals surface area contributed by atoms with Gasteiger partial charge in [0.05, 0.1) is 5.02 Å². The fraction of sp³-hybridized carbons (Fsp3) is 0.438. The van der Waals surface area contributed by atoms with Crippen LogP contribution in [0.2, 0.25) is 5.02 Å². The normalized spacial score (nSPS) is 22.0. The third-order valence-corrected chi connectivity index (χ3v) is 6.07. The smallest absolute Gasteiger partial charge is 0.229 e. The van der Waals surface area contributed by atoms with Crippen molar-refractivity contribution >= 4 is 34.0 Å². The molecule has 4 rings (SSSR count). The van der Waals surface area contributed by atoms with Gasteiger partial charge in [0.1, 0.15) is 0 Å². The number of hydrogen-bond acceptors (Lipinski definition) is 5. The van der Waals surface area contributed by atoms with E-state index in [2.05, 4.69) is 20.8 Å². The first-order valence-electron chi connectivity index (χ1n) is 7.78. The standard InChI is InChI=1S/C16H17ClN4OS/c17-12-4-2-1-3-10(12)14-20-21-15(23-14)19-13(22)11-9-16(11)5-7-18-8-6-16/h1-4,11,18H,5-9H2,(H,19,21,22). The van der Waals surface area contributed by atoms with Gasteiger partial charge in [0, 0.05) is 11.5 Å². The molecule has 23 heavy (non-hydrogen) atoms. The van der Waals surface area contributed by atoms with Crippen molar-refractivity contribution in [3.63, 3.8) is 0 Å². The quantitative estimate of drug-likeness (QED) is 0.894. The van der Waals surface area contributed by atoms with Crippen molar-refractivity contribution in [2.75, 3.05) is 18.4 Å². The summed E-state index contributed by atoms with van der Waals surface area (Å²) in [6.07, 6.45) is 3.18. The molecule has 2 fully saturated rings. The van der Waals surface area contributed by atoms with Gasteiger partial charge in [-0.2, -0.15) is 0 Å². The number of carbonyl (C=O) groups is 1. The van der Waals surface area contributed by atoms with Gasteiger partial charge < -0.3 is 10.6 Å². The van der Waals surface area contributed by atoms with Crippen LogP contribution in [-0.4, -0.2) is 29.2 Å². The Hall–Kier alpha value is -1.50. The van der Waals surface area contributed by atoms with Crippen LogP contribution in [0.25, 0.3) is 10.6 Å². The van der Waals surface area contributed by atoms with Gasteiger partial charge in [-0.25, -0.2) is 0 Å². The third kappa shape index (κ3) is 2.86. The van der Waals surface area contributed by atoms with Crippen molar-refractivity contribution in [1.82, 2.24) is 15.5 Å². The van der Waals surface area contributed by atoms with Gasteiger partial charge in [0.15, 0.2) is 5.01 Å². The summed E-state index contributed by atoms with van der Waals surface area (Å²) < 4.78 is 0. The highest BCUT2D eigenvalue weighted by Crippen LogP contribution is 2.58.